The Hall–Kier alpha value is -1.84. The van der Waals surface area contributed by atoms with Gasteiger partial charge in [-0.15, -0.1) is 0 Å². The number of nitrogens with zero attached hydrogens (tertiary/aromatic N) is 1. The fourth-order valence-electron chi connectivity index (χ4n) is 4.60. The third kappa shape index (κ3) is 1.58. The Balaban J connectivity index is 1.56. The molecule has 3 heterocycles. The van der Waals surface area contributed by atoms with Crippen molar-refractivity contribution in [1.82, 2.24) is 4.90 Å². The van der Waals surface area contributed by atoms with Crippen LogP contribution in [-0.2, 0) is 4.74 Å². The topological polar surface area (TPSA) is 24.5 Å². The SMILES string of the molecule is C[C@]12CC3c4ccccc4NC3N1[C@H](c1ccccc1)CO2. The molecule has 5 rings (SSSR count). The number of ether oxygens (including phenoxy) is 1. The summed E-state index contributed by atoms with van der Waals surface area (Å²) >= 11 is 0. The van der Waals surface area contributed by atoms with E-state index in [4.69, 9.17) is 4.74 Å². The molecule has 3 aliphatic rings. The van der Waals surface area contributed by atoms with Crippen molar-refractivity contribution in [3.05, 3.63) is 65.7 Å². The van der Waals surface area contributed by atoms with Gasteiger partial charge in [-0.05, 0) is 24.1 Å². The van der Waals surface area contributed by atoms with Gasteiger partial charge in [0.1, 0.15) is 5.72 Å². The molecule has 0 aliphatic carbocycles. The summed E-state index contributed by atoms with van der Waals surface area (Å²) in [5, 5.41) is 3.74. The lowest BCUT2D eigenvalue weighted by atomic mass is 9.95. The van der Waals surface area contributed by atoms with Crippen molar-refractivity contribution in [1.29, 1.82) is 0 Å². The second kappa shape index (κ2) is 4.34. The van der Waals surface area contributed by atoms with Gasteiger partial charge in [0.25, 0.3) is 0 Å². The Labute approximate surface area is 130 Å². The van der Waals surface area contributed by atoms with Crippen molar-refractivity contribution in [2.75, 3.05) is 11.9 Å². The molecule has 2 aromatic carbocycles. The fourth-order valence-corrected chi connectivity index (χ4v) is 4.60. The summed E-state index contributed by atoms with van der Waals surface area (Å²) in [6.45, 7) is 3.03. The third-order valence-corrected chi connectivity index (χ3v) is 5.56. The lowest BCUT2D eigenvalue weighted by Crippen LogP contribution is -2.44. The molecule has 4 atom stereocenters. The Morgan fingerprint density at radius 3 is 2.73 bits per heavy atom. The summed E-state index contributed by atoms with van der Waals surface area (Å²) in [6, 6.07) is 19.8. The standard InChI is InChI=1S/C19H20N2O/c1-19-11-15-14-9-5-6-10-16(14)20-18(15)21(19)17(12-22-19)13-7-3-2-4-8-13/h2-10,15,17-18,20H,11-12H2,1H3/t15?,17-,18?,19-/m0/s1. The van der Waals surface area contributed by atoms with Crippen molar-refractivity contribution in [3.63, 3.8) is 0 Å². The van der Waals surface area contributed by atoms with E-state index in [9.17, 15) is 0 Å². The maximum absolute atomic E-state index is 6.27. The Bertz CT molecular complexity index is 716. The van der Waals surface area contributed by atoms with E-state index in [2.05, 4.69) is 71.7 Å². The summed E-state index contributed by atoms with van der Waals surface area (Å²) in [4.78, 5) is 2.56. The number of benzene rings is 2. The van der Waals surface area contributed by atoms with Crippen LogP contribution < -0.4 is 5.32 Å². The summed E-state index contributed by atoms with van der Waals surface area (Å²) in [5.41, 5.74) is 3.93. The molecule has 0 aromatic heterocycles. The van der Waals surface area contributed by atoms with E-state index in [1.807, 2.05) is 0 Å². The van der Waals surface area contributed by atoms with Crippen molar-refractivity contribution in [2.45, 2.75) is 37.2 Å². The molecule has 2 unspecified atom stereocenters. The van der Waals surface area contributed by atoms with Gasteiger partial charge in [0.15, 0.2) is 0 Å². The predicted molar refractivity (Wildman–Crippen MR) is 86.6 cm³/mol. The summed E-state index contributed by atoms with van der Waals surface area (Å²) in [5.74, 6) is 0.521. The first kappa shape index (κ1) is 12.7. The van der Waals surface area contributed by atoms with Crippen LogP contribution >= 0.6 is 0 Å². The molecule has 3 heteroatoms. The highest BCUT2D eigenvalue weighted by Crippen LogP contribution is 2.56. The van der Waals surface area contributed by atoms with Crippen LogP contribution in [0.1, 0.15) is 36.4 Å². The van der Waals surface area contributed by atoms with E-state index in [0.29, 0.717) is 18.1 Å². The third-order valence-electron chi connectivity index (χ3n) is 5.56. The van der Waals surface area contributed by atoms with Crippen molar-refractivity contribution < 1.29 is 4.74 Å². The highest BCUT2D eigenvalue weighted by molar-refractivity contribution is 5.60. The van der Waals surface area contributed by atoms with Gasteiger partial charge in [-0.1, -0.05) is 48.5 Å². The van der Waals surface area contributed by atoms with Crippen LogP contribution in [0.25, 0.3) is 0 Å². The van der Waals surface area contributed by atoms with Gasteiger partial charge in [0.05, 0.1) is 18.8 Å². The summed E-state index contributed by atoms with van der Waals surface area (Å²) in [7, 11) is 0. The molecule has 0 saturated carbocycles. The quantitative estimate of drug-likeness (QED) is 0.867. The maximum Gasteiger partial charge on any atom is 0.121 e. The Morgan fingerprint density at radius 2 is 1.86 bits per heavy atom. The normalized spacial score (nSPS) is 35.8. The lowest BCUT2D eigenvalue weighted by Gasteiger charge is -2.34. The highest BCUT2D eigenvalue weighted by Gasteiger charge is 2.59. The van der Waals surface area contributed by atoms with E-state index in [1.54, 1.807) is 0 Å². The van der Waals surface area contributed by atoms with E-state index in [1.165, 1.54) is 16.8 Å². The number of nitrogens with one attached hydrogen (secondary N) is 1. The number of anilines is 1. The first-order valence-corrected chi connectivity index (χ1v) is 8.09. The molecule has 0 bridgehead atoms. The molecule has 2 fully saturated rings. The number of para-hydroxylation sites is 1. The van der Waals surface area contributed by atoms with Gasteiger partial charge >= 0.3 is 0 Å². The molecular formula is C19H20N2O. The summed E-state index contributed by atoms with van der Waals surface area (Å²) in [6.07, 6.45) is 1.40. The zero-order chi connectivity index (χ0) is 14.7. The zero-order valence-electron chi connectivity index (χ0n) is 12.7. The van der Waals surface area contributed by atoms with Gasteiger partial charge in [-0.3, -0.25) is 0 Å². The maximum atomic E-state index is 6.27. The minimum absolute atomic E-state index is 0.156. The van der Waals surface area contributed by atoms with Gasteiger partial charge in [-0.25, -0.2) is 4.90 Å². The van der Waals surface area contributed by atoms with Crippen LogP contribution in [0, 0.1) is 0 Å². The van der Waals surface area contributed by atoms with Crippen molar-refractivity contribution in [2.24, 2.45) is 0 Å². The minimum atomic E-state index is -0.156. The van der Waals surface area contributed by atoms with Crippen LogP contribution in [0.5, 0.6) is 0 Å². The molecule has 0 radical (unpaired) electrons. The fraction of sp³-hybridized carbons (Fsp3) is 0.368. The largest absolute Gasteiger partial charge is 0.369 e. The van der Waals surface area contributed by atoms with Gasteiger partial charge in [0.2, 0.25) is 0 Å². The second-order valence-corrected chi connectivity index (χ2v) is 6.81. The molecular weight excluding hydrogens is 272 g/mol. The van der Waals surface area contributed by atoms with Crippen molar-refractivity contribution in [3.8, 4) is 0 Å². The predicted octanol–water partition coefficient (Wildman–Crippen LogP) is 3.72. The van der Waals surface area contributed by atoms with E-state index < -0.39 is 0 Å². The average Bonchev–Trinajstić information content (AvgIpc) is 3.14. The van der Waals surface area contributed by atoms with Crippen LogP contribution in [-0.4, -0.2) is 23.4 Å². The molecule has 22 heavy (non-hydrogen) atoms. The molecule has 112 valence electrons. The number of fused-ring (bicyclic) bond motifs is 5. The van der Waals surface area contributed by atoms with Gasteiger partial charge < -0.3 is 10.1 Å². The number of hydrogen-bond donors (Lipinski definition) is 1. The average molecular weight is 292 g/mol. The van der Waals surface area contributed by atoms with Crippen LogP contribution in [0.2, 0.25) is 0 Å². The van der Waals surface area contributed by atoms with E-state index >= 15 is 0 Å². The molecule has 2 saturated heterocycles. The van der Waals surface area contributed by atoms with Gasteiger partial charge in [-0.2, -0.15) is 0 Å². The molecule has 2 aromatic rings. The highest BCUT2D eigenvalue weighted by atomic mass is 16.5. The Morgan fingerprint density at radius 1 is 1.09 bits per heavy atom. The number of rotatable bonds is 1. The Kier molecular flexibility index (Phi) is 2.50. The molecule has 3 nitrogen and oxygen atoms in total. The first-order valence-electron chi connectivity index (χ1n) is 8.09. The molecule has 0 spiro atoms. The monoisotopic (exact) mass is 292 g/mol. The van der Waals surface area contributed by atoms with Crippen molar-refractivity contribution >= 4 is 5.69 Å². The van der Waals surface area contributed by atoms with Crippen LogP contribution in [0.4, 0.5) is 5.69 Å². The van der Waals surface area contributed by atoms with Crippen LogP contribution in [0.3, 0.4) is 0 Å². The van der Waals surface area contributed by atoms with Gasteiger partial charge in [0, 0.05) is 18.0 Å². The number of hydrogen-bond acceptors (Lipinski definition) is 3. The van der Waals surface area contributed by atoms with E-state index in [-0.39, 0.29) is 5.72 Å². The molecule has 1 N–H and O–H groups in total. The first-order chi connectivity index (χ1) is 10.8. The van der Waals surface area contributed by atoms with E-state index in [0.717, 1.165) is 13.0 Å². The summed E-state index contributed by atoms with van der Waals surface area (Å²) < 4.78 is 6.27. The molecule has 3 aliphatic heterocycles. The molecule has 0 amide bonds. The lowest BCUT2D eigenvalue weighted by molar-refractivity contribution is -0.0517. The van der Waals surface area contributed by atoms with Crippen LogP contribution in [0.15, 0.2) is 54.6 Å². The minimum Gasteiger partial charge on any atom is -0.369 e. The second-order valence-electron chi connectivity index (χ2n) is 6.81. The zero-order valence-corrected chi connectivity index (χ0v) is 12.7. The smallest absolute Gasteiger partial charge is 0.121 e.